The first kappa shape index (κ1) is 17.3. The molecule has 0 bridgehead atoms. The fraction of sp³-hybridized carbons (Fsp3) is 0.909. The van der Waals surface area contributed by atoms with Gasteiger partial charge in [-0.3, -0.25) is 9.69 Å². The number of hydrogen-bond donors (Lipinski definition) is 1. The number of nitrogens with one attached hydrogen (secondary N) is 1. The van der Waals surface area contributed by atoms with Crippen LogP contribution in [0.1, 0.15) is 34.6 Å². The van der Waals surface area contributed by atoms with Gasteiger partial charge < -0.3 is 5.32 Å². The number of hydrogen-bond acceptors (Lipinski definition) is 2. The third-order valence-electron chi connectivity index (χ3n) is 2.44. The first-order valence-electron chi connectivity index (χ1n) is 5.65. The van der Waals surface area contributed by atoms with E-state index in [2.05, 4.69) is 5.32 Å². The molecule has 0 fully saturated rings. The monoisotopic (exact) mass is 302 g/mol. The molecule has 1 N–H and O–H groups in total. The highest BCUT2D eigenvalue weighted by molar-refractivity contribution is 6.68. The lowest BCUT2D eigenvalue weighted by Crippen LogP contribution is -2.57. The van der Waals surface area contributed by atoms with Crippen molar-refractivity contribution in [3.63, 3.8) is 0 Å². The third-order valence-corrected chi connectivity index (χ3v) is 3.06. The molecular weight excluding hydrogens is 282 g/mol. The highest BCUT2D eigenvalue weighted by Crippen LogP contribution is 2.32. The fourth-order valence-corrected chi connectivity index (χ4v) is 1.89. The van der Waals surface area contributed by atoms with E-state index in [4.69, 9.17) is 34.8 Å². The van der Waals surface area contributed by atoms with Crippen molar-refractivity contribution < 1.29 is 4.79 Å². The molecule has 1 atom stereocenters. The van der Waals surface area contributed by atoms with E-state index < -0.39 is 15.4 Å². The van der Waals surface area contributed by atoms with Gasteiger partial charge in [0.1, 0.15) is 6.17 Å². The van der Waals surface area contributed by atoms with Crippen LogP contribution in [0.2, 0.25) is 0 Å². The number of halogens is 3. The van der Waals surface area contributed by atoms with Crippen molar-refractivity contribution in [1.82, 2.24) is 10.2 Å². The summed E-state index contributed by atoms with van der Waals surface area (Å²) in [6.07, 6.45) is -0.616. The predicted molar refractivity (Wildman–Crippen MR) is 74.6 cm³/mol. The van der Waals surface area contributed by atoms with Gasteiger partial charge >= 0.3 is 0 Å². The topological polar surface area (TPSA) is 32.3 Å². The molecule has 0 heterocycles. The number of carbonyl (C=O) groups is 1. The SMILES string of the molecule is CCN(CC)C(NC(=O)C(C)(C)C)C(Cl)(Cl)Cl. The Kier molecular flexibility index (Phi) is 6.58. The molecule has 0 aliphatic carbocycles. The van der Waals surface area contributed by atoms with Crippen LogP contribution in [0.25, 0.3) is 0 Å². The summed E-state index contributed by atoms with van der Waals surface area (Å²) in [6.45, 7) is 10.8. The minimum atomic E-state index is -1.55. The minimum absolute atomic E-state index is 0.138. The van der Waals surface area contributed by atoms with Crippen molar-refractivity contribution in [2.45, 2.75) is 44.6 Å². The molecule has 0 aromatic heterocycles. The average molecular weight is 304 g/mol. The van der Waals surface area contributed by atoms with Gasteiger partial charge in [0.2, 0.25) is 9.70 Å². The average Bonchev–Trinajstić information content (AvgIpc) is 2.14. The van der Waals surface area contributed by atoms with E-state index in [0.29, 0.717) is 13.1 Å². The van der Waals surface area contributed by atoms with Crippen LogP contribution in [-0.2, 0) is 4.79 Å². The third kappa shape index (κ3) is 5.64. The van der Waals surface area contributed by atoms with E-state index in [9.17, 15) is 4.79 Å². The maximum atomic E-state index is 11.9. The molecule has 17 heavy (non-hydrogen) atoms. The second-order valence-corrected chi connectivity index (χ2v) is 7.26. The van der Waals surface area contributed by atoms with Crippen LogP contribution < -0.4 is 5.32 Å². The van der Waals surface area contributed by atoms with Crippen molar-refractivity contribution in [2.75, 3.05) is 13.1 Å². The Balaban J connectivity index is 4.91. The Bertz CT molecular complexity index is 254. The van der Waals surface area contributed by atoms with Gasteiger partial charge in [-0.15, -0.1) is 0 Å². The molecular formula is C11H21Cl3N2O. The predicted octanol–water partition coefficient (Wildman–Crippen LogP) is 3.19. The summed E-state index contributed by atoms with van der Waals surface area (Å²) in [5, 5.41) is 2.79. The lowest BCUT2D eigenvalue weighted by molar-refractivity contribution is -0.130. The lowest BCUT2D eigenvalue weighted by Gasteiger charge is -2.36. The van der Waals surface area contributed by atoms with E-state index in [1.54, 1.807) is 0 Å². The van der Waals surface area contributed by atoms with Gasteiger partial charge in [-0.2, -0.15) is 0 Å². The van der Waals surface area contributed by atoms with Crippen LogP contribution >= 0.6 is 34.8 Å². The van der Waals surface area contributed by atoms with Gasteiger partial charge in [0.05, 0.1) is 0 Å². The van der Waals surface area contributed by atoms with Crippen LogP contribution in [0.3, 0.4) is 0 Å². The van der Waals surface area contributed by atoms with E-state index in [-0.39, 0.29) is 5.91 Å². The number of carbonyl (C=O) groups excluding carboxylic acids is 1. The Hall–Kier alpha value is 0.300. The Morgan fingerprint density at radius 1 is 1.18 bits per heavy atom. The molecule has 0 saturated heterocycles. The molecule has 0 spiro atoms. The summed E-state index contributed by atoms with van der Waals surface area (Å²) in [7, 11) is 0. The van der Waals surface area contributed by atoms with Crippen molar-refractivity contribution in [1.29, 1.82) is 0 Å². The van der Waals surface area contributed by atoms with Gasteiger partial charge in [-0.1, -0.05) is 69.4 Å². The first-order valence-corrected chi connectivity index (χ1v) is 6.79. The normalized spacial score (nSPS) is 14.9. The van der Waals surface area contributed by atoms with E-state index in [0.717, 1.165) is 0 Å². The van der Waals surface area contributed by atoms with Crippen LogP contribution in [0.15, 0.2) is 0 Å². The van der Waals surface area contributed by atoms with Crippen molar-refractivity contribution >= 4 is 40.7 Å². The van der Waals surface area contributed by atoms with Gasteiger partial charge in [0.15, 0.2) is 0 Å². The summed E-state index contributed by atoms with van der Waals surface area (Å²) in [5.74, 6) is -0.138. The zero-order chi connectivity index (χ0) is 13.9. The van der Waals surface area contributed by atoms with Gasteiger partial charge in [0.25, 0.3) is 0 Å². The van der Waals surface area contributed by atoms with Gasteiger partial charge in [-0.05, 0) is 13.1 Å². The van der Waals surface area contributed by atoms with Gasteiger partial charge in [0, 0.05) is 5.41 Å². The van der Waals surface area contributed by atoms with E-state index >= 15 is 0 Å². The molecule has 0 aromatic rings. The lowest BCUT2D eigenvalue weighted by atomic mass is 9.95. The maximum absolute atomic E-state index is 11.9. The Morgan fingerprint density at radius 2 is 1.59 bits per heavy atom. The largest absolute Gasteiger partial charge is 0.336 e. The maximum Gasteiger partial charge on any atom is 0.226 e. The molecule has 0 saturated carbocycles. The molecule has 0 aliphatic heterocycles. The summed E-state index contributed by atoms with van der Waals surface area (Å²) in [6, 6.07) is 0. The minimum Gasteiger partial charge on any atom is -0.336 e. The zero-order valence-corrected chi connectivity index (χ0v) is 13.2. The highest BCUT2D eigenvalue weighted by Gasteiger charge is 2.39. The fourth-order valence-electron chi connectivity index (χ4n) is 1.31. The van der Waals surface area contributed by atoms with Crippen molar-refractivity contribution in [3.05, 3.63) is 0 Å². The van der Waals surface area contributed by atoms with Crippen LogP contribution in [0, 0.1) is 5.41 Å². The molecule has 6 heteroatoms. The number of nitrogens with zero attached hydrogens (tertiary/aromatic N) is 1. The molecule has 0 rings (SSSR count). The van der Waals surface area contributed by atoms with Gasteiger partial charge in [-0.25, -0.2) is 0 Å². The van der Waals surface area contributed by atoms with E-state index in [1.165, 1.54) is 0 Å². The molecule has 0 aromatic carbocycles. The zero-order valence-electron chi connectivity index (χ0n) is 11.0. The number of alkyl halides is 3. The summed E-state index contributed by atoms with van der Waals surface area (Å²) in [5.41, 5.74) is -0.513. The summed E-state index contributed by atoms with van der Waals surface area (Å²) in [4.78, 5) is 13.8. The molecule has 0 aliphatic rings. The van der Waals surface area contributed by atoms with Crippen LogP contribution in [0.5, 0.6) is 0 Å². The second-order valence-electron chi connectivity index (χ2n) is 4.89. The quantitative estimate of drug-likeness (QED) is 0.639. The molecule has 1 unspecified atom stereocenters. The molecule has 3 nitrogen and oxygen atoms in total. The highest BCUT2D eigenvalue weighted by atomic mass is 35.6. The van der Waals surface area contributed by atoms with Crippen LogP contribution in [0.4, 0.5) is 0 Å². The van der Waals surface area contributed by atoms with Crippen molar-refractivity contribution in [3.8, 4) is 0 Å². The van der Waals surface area contributed by atoms with Crippen LogP contribution in [-0.4, -0.2) is 33.9 Å². The van der Waals surface area contributed by atoms with Crippen molar-refractivity contribution in [2.24, 2.45) is 5.41 Å². The second kappa shape index (κ2) is 6.46. The molecule has 0 radical (unpaired) electrons. The standard InChI is InChI=1S/C11H21Cl3N2O/c1-6-16(7-2)8(11(12,13)14)15-9(17)10(3,4)5/h8H,6-7H2,1-5H3,(H,15,17). The Morgan fingerprint density at radius 3 is 1.82 bits per heavy atom. The number of rotatable bonds is 4. The Labute approximate surface area is 119 Å². The smallest absolute Gasteiger partial charge is 0.226 e. The summed E-state index contributed by atoms with van der Waals surface area (Å²) < 4.78 is -1.55. The van der Waals surface area contributed by atoms with E-state index in [1.807, 2.05) is 39.5 Å². The molecule has 1 amide bonds. The summed E-state index contributed by atoms with van der Waals surface area (Å²) >= 11 is 17.8. The first-order chi connectivity index (χ1) is 7.54. The number of amides is 1. The molecule has 102 valence electrons.